The number of hydrogen-bond donors (Lipinski definition) is 4. The molecular formula is C13H16Cl2N4O3. The van der Waals surface area contributed by atoms with Gasteiger partial charge in [0.1, 0.15) is 0 Å². The summed E-state index contributed by atoms with van der Waals surface area (Å²) in [5.41, 5.74) is 10.7. The van der Waals surface area contributed by atoms with E-state index in [1.807, 2.05) is 0 Å². The molecule has 0 aliphatic rings. The molecule has 0 heterocycles. The van der Waals surface area contributed by atoms with Crippen molar-refractivity contribution in [3.8, 4) is 0 Å². The molecule has 0 fully saturated rings. The van der Waals surface area contributed by atoms with Gasteiger partial charge in [-0.2, -0.15) is 0 Å². The van der Waals surface area contributed by atoms with Crippen molar-refractivity contribution in [2.75, 3.05) is 0 Å². The zero-order valence-electron chi connectivity index (χ0n) is 11.7. The zero-order valence-corrected chi connectivity index (χ0v) is 13.2. The van der Waals surface area contributed by atoms with Crippen LogP contribution in [0.3, 0.4) is 0 Å². The molecule has 1 aromatic rings. The molecule has 0 aromatic heterocycles. The minimum absolute atomic E-state index is 0.319. The van der Waals surface area contributed by atoms with Gasteiger partial charge in [0.25, 0.3) is 0 Å². The van der Waals surface area contributed by atoms with Crippen LogP contribution in [0.4, 0.5) is 4.79 Å². The van der Waals surface area contributed by atoms with E-state index in [1.165, 1.54) is 0 Å². The molecule has 0 spiro atoms. The minimum Gasteiger partial charge on any atom is -0.367 e. The summed E-state index contributed by atoms with van der Waals surface area (Å²) in [6.45, 7) is 1.73. The standard InChI is InChI=1S/C13H16Cl2N4O3/c1-6(4-7-2-3-8(14)5-9(7)15)18-13(22)19-10(11(16)20)12(17)21/h2-3,5-6,10H,4H2,1H3,(H2,16,20)(H2,17,21)(H2,18,19,22)/t6-/m0/s1. The van der Waals surface area contributed by atoms with Gasteiger partial charge in [0.2, 0.25) is 11.8 Å². The van der Waals surface area contributed by atoms with E-state index in [4.69, 9.17) is 34.7 Å². The van der Waals surface area contributed by atoms with Crippen molar-refractivity contribution < 1.29 is 14.4 Å². The molecule has 6 N–H and O–H groups in total. The van der Waals surface area contributed by atoms with Gasteiger partial charge in [-0.15, -0.1) is 0 Å². The lowest BCUT2D eigenvalue weighted by atomic mass is 10.1. The molecule has 0 aliphatic heterocycles. The molecular weight excluding hydrogens is 331 g/mol. The van der Waals surface area contributed by atoms with E-state index in [1.54, 1.807) is 25.1 Å². The molecule has 1 aromatic carbocycles. The van der Waals surface area contributed by atoms with Crippen LogP contribution in [0.25, 0.3) is 0 Å². The highest BCUT2D eigenvalue weighted by molar-refractivity contribution is 6.35. The number of rotatable bonds is 6. The van der Waals surface area contributed by atoms with Crippen molar-refractivity contribution in [3.05, 3.63) is 33.8 Å². The molecule has 0 saturated carbocycles. The third-order valence-corrected chi connectivity index (χ3v) is 3.35. The maximum Gasteiger partial charge on any atom is 0.316 e. The molecule has 0 saturated heterocycles. The van der Waals surface area contributed by atoms with E-state index in [0.29, 0.717) is 16.5 Å². The maximum absolute atomic E-state index is 11.7. The Bertz CT molecular complexity index is 581. The third kappa shape index (κ3) is 5.42. The SMILES string of the molecule is C[C@@H](Cc1ccc(Cl)cc1Cl)NC(=O)NC(C(N)=O)C(N)=O. The van der Waals surface area contributed by atoms with Crippen LogP contribution in [0, 0.1) is 0 Å². The van der Waals surface area contributed by atoms with Crippen LogP contribution in [-0.2, 0) is 16.0 Å². The maximum atomic E-state index is 11.7. The number of nitrogens with two attached hydrogens (primary N) is 2. The lowest BCUT2D eigenvalue weighted by Gasteiger charge is -2.17. The van der Waals surface area contributed by atoms with Gasteiger partial charge in [-0.3, -0.25) is 9.59 Å². The van der Waals surface area contributed by atoms with Crippen molar-refractivity contribution in [1.82, 2.24) is 10.6 Å². The van der Waals surface area contributed by atoms with Gasteiger partial charge >= 0.3 is 6.03 Å². The van der Waals surface area contributed by atoms with E-state index >= 15 is 0 Å². The highest BCUT2D eigenvalue weighted by Gasteiger charge is 2.24. The van der Waals surface area contributed by atoms with Crippen LogP contribution in [0.1, 0.15) is 12.5 Å². The van der Waals surface area contributed by atoms with Crippen molar-refractivity contribution in [3.63, 3.8) is 0 Å². The van der Waals surface area contributed by atoms with Gasteiger partial charge in [0.15, 0.2) is 6.04 Å². The normalized spacial score (nSPS) is 11.8. The second kappa shape index (κ2) is 7.86. The van der Waals surface area contributed by atoms with Gasteiger partial charge in [-0.1, -0.05) is 29.3 Å². The molecule has 120 valence electrons. The Morgan fingerprint density at radius 3 is 2.23 bits per heavy atom. The summed E-state index contributed by atoms with van der Waals surface area (Å²) in [6, 6.07) is 2.41. The average molecular weight is 347 g/mol. The number of amides is 4. The van der Waals surface area contributed by atoms with E-state index in [2.05, 4.69) is 10.6 Å². The Morgan fingerprint density at radius 1 is 1.14 bits per heavy atom. The smallest absolute Gasteiger partial charge is 0.316 e. The number of hydrogen-bond acceptors (Lipinski definition) is 3. The van der Waals surface area contributed by atoms with Gasteiger partial charge < -0.3 is 22.1 Å². The summed E-state index contributed by atoms with van der Waals surface area (Å²) in [4.78, 5) is 33.7. The fourth-order valence-corrected chi connectivity index (χ4v) is 2.23. The molecule has 22 heavy (non-hydrogen) atoms. The highest BCUT2D eigenvalue weighted by Crippen LogP contribution is 2.22. The average Bonchev–Trinajstić information content (AvgIpc) is 2.38. The first-order valence-corrected chi connectivity index (χ1v) is 7.06. The molecule has 1 rings (SSSR count). The summed E-state index contributed by atoms with van der Waals surface area (Å²) >= 11 is 11.8. The van der Waals surface area contributed by atoms with E-state index in [-0.39, 0.29) is 6.04 Å². The molecule has 0 aliphatic carbocycles. The largest absolute Gasteiger partial charge is 0.367 e. The number of urea groups is 1. The van der Waals surface area contributed by atoms with Crippen LogP contribution in [0.15, 0.2) is 18.2 Å². The van der Waals surface area contributed by atoms with Gasteiger partial charge in [-0.25, -0.2) is 4.79 Å². The number of carbonyl (C=O) groups is 3. The Kier molecular flexibility index (Phi) is 6.45. The molecule has 0 unspecified atom stereocenters. The summed E-state index contributed by atoms with van der Waals surface area (Å²) in [5.74, 6) is -2.06. The quantitative estimate of drug-likeness (QED) is 0.562. The van der Waals surface area contributed by atoms with Gasteiger partial charge in [0, 0.05) is 16.1 Å². The summed E-state index contributed by atoms with van der Waals surface area (Å²) in [5, 5.41) is 5.65. The fourth-order valence-electron chi connectivity index (χ4n) is 1.75. The van der Waals surface area contributed by atoms with Crippen molar-refractivity contribution in [2.24, 2.45) is 11.5 Å². The van der Waals surface area contributed by atoms with E-state index in [0.717, 1.165) is 5.56 Å². The summed E-state index contributed by atoms with van der Waals surface area (Å²) in [7, 11) is 0. The lowest BCUT2D eigenvalue weighted by Crippen LogP contribution is -2.56. The Hall–Kier alpha value is -1.99. The van der Waals surface area contributed by atoms with E-state index < -0.39 is 23.9 Å². The number of carbonyl (C=O) groups excluding carboxylic acids is 3. The van der Waals surface area contributed by atoms with Gasteiger partial charge in [0.05, 0.1) is 0 Å². The predicted octanol–water partition coefficient (Wildman–Crippen LogP) is 0.563. The number of primary amides is 2. The minimum atomic E-state index is -1.56. The first-order chi connectivity index (χ1) is 10.2. The molecule has 0 radical (unpaired) electrons. The highest BCUT2D eigenvalue weighted by atomic mass is 35.5. The second-order valence-corrected chi connectivity index (χ2v) is 5.54. The zero-order chi connectivity index (χ0) is 16.9. The first kappa shape index (κ1) is 18.1. The third-order valence-electron chi connectivity index (χ3n) is 2.76. The molecule has 1 atom stereocenters. The van der Waals surface area contributed by atoms with Crippen molar-refractivity contribution in [1.29, 1.82) is 0 Å². The lowest BCUT2D eigenvalue weighted by molar-refractivity contribution is -0.128. The van der Waals surface area contributed by atoms with Crippen molar-refractivity contribution >= 4 is 41.0 Å². The molecule has 4 amide bonds. The van der Waals surface area contributed by atoms with Crippen LogP contribution >= 0.6 is 23.2 Å². The van der Waals surface area contributed by atoms with Crippen LogP contribution in [-0.4, -0.2) is 29.9 Å². The van der Waals surface area contributed by atoms with Crippen molar-refractivity contribution in [2.45, 2.75) is 25.4 Å². The predicted molar refractivity (Wildman–Crippen MR) is 83.5 cm³/mol. The number of halogens is 2. The Morgan fingerprint density at radius 2 is 1.73 bits per heavy atom. The monoisotopic (exact) mass is 346 g/mol. The van der Waals surface area contributed by atoms with E-state index in [9.17, 15) is 14.4 Å². The Labute approximate surface area is 137 Å². The molecule has 0 bridgehead atoms. The van der Waals surface area contributed by atoms with Gasteiger partial charge in [-0.05, 0) is 31.0 Å². The van der Waals surface area contributed by atoms with Crippen LogP contribution < -0.4 is 22.1 Å². The second-order valence-electron chi connectivity index (χ2n) is 4.70. The Balaban J connectivity index is 2.60. The van der Waals surface area contributed by atoms with Crippen LogP contribution in [0.5, 0.6) is 0 Å². The first-order valence-electron chi connectivity index (χ1n) is 6.30. The summed E-state index contributed by atoms with van der Waals surface area (Å²) < 4.78 is 0. The van der Waals surface area contributed by atoms with Crippen LogP contribution in [0.2, 0.25) is 10.0 Å². The summed E-state index contributed by atoms with van der Waals surface area (Å²) in [6.07, 6.45) is 0.432. The topological polar surface area (TPSA) is 127 Å². The fraction of sp³-hybridized carbons (Fsp3) is 0.308. The number of nitrogens with one attached hydrogen (secondary N) is 2. The molecule has 7 nitrogen and oxygen atoms in total. The molecule has 9 heteroatoms. The number of benzene rings is 1.